The Hall–Kier alpha value is -4.33. The lowest BCUT2D eigenvalue weighted by atomic mass is 9.99. The molecule has 1 N–H and O–H groups in total. The van der Waals surface area contributed by atoms with Crippen LogP contribution in [-0.4, -0.2) is 50.1 Å². The van der Waals surface area contributed by atoms with Gasteiger partial charge in [-0.2, -0.15) is 0 Å². The number of anilines is 2. The van der Waals surface area contributed by atoms with Gasteiger partial charge in [0.1, 0.15) is 17.1 Å². The minimum absolute atomic E-state index is 0.0114. The quantitative estimate of drug-likeness (QED) is 0.242. The number of nitrogens with one attached hydrogen (secondary N) is 1. The first kappa shape index (κ1) is 27.8. The molecule has 2 heterocycles. The van der Waals surface area contributed by atoms with Gasteiger partial charge in [0.2, 0.25) is 5.91 Å². The van der Waals surface area contributed by atoms with Crippen LogP contribution in [0.2, 0.25) is 5.02 Å². The van der Waals surface area contributed by atoms with Crippen molar-refractivity contribution in [3.8, 4) is 22.6 Å². The Morgan fingerprint density at radius 3 is 2.48 bits per heavy atom. The minimum atomic E-state index is -0.463. The molecular weight excluding hydrogens is 550 g/mol. The van der Waals surface area contributed by atoms with Crippen molar-refractivity contribution in [3.63, 3.8) is 0 Å². The molecule has 214 valence electrons. The standard InChI is InChI=1S/C34H32ClN3O4/c1-41-34(40)29-13-11-26(21-32(29)42-31-9-5-8-30-28(31)14-15-33(39)36-30)38-18-16-37(17-19-38)22-24-20-25(35)10-12-27(24)23-6-3-2-4-7-23/h2-13,20-21H,14-19,22H2,1H3,(H,36,39). The summed E-state index contributed by atoms with van der Waals surface area (Å²) in [6.07, 6.45) is 0.967. The van der Waals surface area contributed by atoms with Crippen molar-refractivity contribution >= 4 is 34.9 Å². The van der Waals surface area contributed by atoms with E-state index in [1.54, 1.807) is 6.07 Å². The first-order valence-electron chi connectivity index (χ1n) is 14.1. The molecule has 4 aromatic carbocycles. The second-order valence-corrected chi connectivity index (χ2v) is 11.0. The third kappa shape index (κ3) is 5.98. The Morgan fingerprint density at radius 1 is 0.881 bits per heavy atom. The molecule has 2 aliphatic rings. The van der Waals surface area contributed by atoms with E-state index in [2.05, 4.69) is 51.5 Å². The zero-order valence-electron chi connectivity index (χ0n) is 23.4. The zero-order chi connectivity index (χ0) is 29.1. The second-order valence-electron chi connectivity index (χ2n) is 10.5. The van der Waals surface area contributed by atoms with Crippen molar-refractivity contribution in [3.05, 3.63) is 107 Å². The van der Waals surface area contributed by atoms with Gasteiger partial charge in [-0.25, -0.2) is 4.79 Å². The molecule has 0 radical (unpaired) electrons. The first-order chi connectivity index (χ1) is 20.5. The number of carbonyl (C=O) groups excluding carboxylic acids is 2. The van der Waals surface area contributed by atoms with Gasteiger partial charge in [0, 0.05) is 67.2 Å². The summed E-state index contributed by atoms with van der Waals surface area (Å²) in [4.78, 5) is 29.3. The van der Waals surface area contributed by atoms with Gasteiger partial charge in [0.05, 0.1) is 7.11 Å². The molecule has 1 amide bonds. The fraction of sp³-hybridized carbons (Fsp3) is 0.235. The highest BCUT2D eigenvalue weighted by Gasteiger charge is 2.24. The summed E-state index contributed by atoms with van der Waals surface area (Å²) in [5.41, 5.74) is 6.58. The van der Waals surface area contributed by atoms with Gasteiger partial charge in [0.15, 0.2) is 0 Å². The van der Waals surface area contributed by atoms with Crippen LogP contribution in [0.5, 0.6) is 11.5 Å². The molecule has 7 nitrogen and oxygen atoms in total. The number of hydrogen-bond donors (Lipinski definition) is 1. The maximum atomic E-state index is 12.6. The Balaban J connectivity index is 1.19. The smallest absolute Gasteiger partial charge is 0.341 e. The minimum Gasteiger partial charge on any atom is -0.465 e. The van der Waals surface area contributed by atoms with Crippen LogP contribution in [0.4, 0.5) is 11.4 Å². The lowest BCUT2D eigenvalue weighted by Gasteiger charge is -2.36. The highest BCUT2D eigenvalue weighted by molar-refractivity contribution is 6.30. The monoisotopic (exact) mass is 581 g/mol. The largest absolute Gasteiger partial charge is 0.465 e. The molecule has 8 heteroatoms. The summed E-state index contributed by atoms with van der Waals surface area (Å²) in [6.45, 7) is 4.21. The van der Waals surface area contributed by atoms with Crippen molar-refractivity contribution in [2.75, 3.05) is 43.5 Å². The summed E-state index contributed by atoms with van der Waals surface area (Å²) in [5, 5.41) is 3.64. The van der Waals surface area contributed by atoms with Gasteiger partial charge in [-0.05, 0) is 59.5 Å². The van der Waals surface area contributed by atoms with Gasteiger partial charge in [-0.1, -0.05) is 54.1 Å². The highest BCUT2D eigenvalue weighted by Crippen LogP contribution is 2.37. The Bertz CT molecular complexity index is 1620. The number of fused-ring (bicyclic) bond motifs is 1. The van der Waals surface area contributed by atoms with Crippen molar-refractivity contribution < 1.29 is 19.1 Å². The molecule has 0 saturated carbocycles. The van der Waals surface area contributed by atoms with E-state index in [9.17, 15) is 9.59 Å². The molecule has 0 spiro atoms. The molecule has 0 aliphatic carbocycles. The third-order valence-electron chi connectivity index (χ3n) is 7.88. The van der Waals surface area contributed by atoms with E-state index in [0.717, 1.165) is 54.7 Å². The second kappa shape index (κ2) is 12.3. The van der Waals surface area contributed by atoms with Crippen LogP contribution >= 0.6 is 11.6 Å². The Kier molecular flexibility index (Phi) is 8.13. The summed E-state index contributed by atoms with van der Waals surface area (Å²) in [5.74, 6) is 0.576. The van der Waals surface area contributed by atoms with E-state index >= 15 is 0 Å². The average molecular weight is 582 g/mol. The number of rotatable bonds is 7. The normalized spacial score (nSPS) is 15.1. The van der Waals surface area contributed by atoms with Gasteiger partial charge in [-0.15, -0.1) is 0 Å². The van der Waals surface area contributed by atoms with E-state index in [0.29, 0.717) is 29.9 Å². The van der Waals surface area contributed by atoms with E-state index < -0.39 is 5.97 Å². The molecule has 0 unspecified atom stereocenters. The molecular formula is C34H32ClN3O4. The fourth-order valence-electron chi connectivity index (χ4n) is 5.67. The molecule has 1 saturated heterocycles. The van der Waals surface area contributed by atoms with Crippen LogP contribution < -0.4 is 15.0 Å². The number of benzene rings is 4. The third-order valence-corrected chi connectivity index (χ3v) is 8.12. The van der Waals surface area contributed by atoms with E-state index in [4.69, 9.17) is 21.1 Å². The molecule has 2 aliphatic heterocycles. The summed E-state index contributed by atoms with van der Waals surface area (Å²) in [6, 6.07) is 27.7. The van der Waals surface area contributed by atoms with Gasteiger partial charge in [0.25, 0.3) is 0 Å². The maximum absolute atomic E-state index is 12.6. The number of esters is 1. The Labute approximate surface area is 250 Å². The first-order valence-corrected chi connectivity index (χ1v) is 14.5. The number of amides is 1. The van der Waals surface area contributed by atoms with Crippen molar-refractivity contribution in [1.82, 2.24) is 4.90 Å². The Morgan fingerprint density at radius 2 is 1.69 bits per heavy atom. The number of hydrogen-bond acceptors (Lipinski definition) is 6. The maximum Gasteiger partial charge on any atom is 0.341 e. The van der Waals surface area contributed by atoms with E-state index in [1.807, 2.05) is 42.5 Å². The average Bonchev–Trinajstić information content (AvgIpc) is 3.01. The molecule has 6 rings (SSSR count). The molecule has 1 fully saturated rings. The fourth-order valence-corrected chi connectivity index (χ4v) is 5.87. The number of piperazine rings is 1. The number of ether oxygens (including phenoxy) is 2. The van der Waals surface area contributed by atoms with Crippen LogP contribution in [0, 0.1) is 0 Å². The zero-order valence-corrected chi connectivity index (χ0v) is 24.2. The van der Waals surface area contributed by atoms with Crippen LogP contribution in [0.15, 0.2) is 84.9 Å². The lowest BCUT2D eigenvalue weighted by Crippen LogP contribution is -2.46. The van der Waals surface area contributed by atoms with Crippen LogP contribution in [0.3, 0.4) is 0 Å². The van der Waals surface area contributed by atoms with Crippen LogP contribution in [0.25, 0.3) is 11.1 Å². The van der Waals surface area contributed by atoms with Crippen molar-refractivity contribution in [2.24, 2.45) is 0 Å². The molecule has 0 aromatic heterocycles. The lowest BCUT2D eigenvalue weighted by molar-refractivity contribution is -0.116. The van der Waals surface area contributed by atoms with E-state index in [1.165, 1.54) is 23.8 Å². The predicted molar refractivity (Wildman–Crippen MR) is 166 cm³/mol. The van der Waals surface area contributed by atoms with Crippen LogP contribution in [0.1, 0.15) is 27.9 Å². The summed E-state index contributed by atoms with van der Waals surface area (Å²) in [7, 11) is 1.36. The van der Waals surface area contributed by atoms with Gasteiger partial charge < -0.3 is 19.7 Å². The SMILES string of the molecule is COC(=O)c1ccc(N2CCN(Cc3cc(Cl)ccc3-c3ccccc3)CC2)cc1Oc1cccc2c1CCC(=O)N2. The van der Waals surface area contributed by atoms with Crippen molar-refractivity contribution in [2.45, 2.75) is 19.4 Å². The predicted octanol–water partition coefficient (Wildman–Crippen LogP) is 6.79. The molecule has 4 aromatic rings. The van der Waals surface area contributed by atoms with Crippen LogP contribution in [-0.2, 0) is 22.5 Å². The highest BCUT2D eigenvalue weighted by atomic mass is 35.5. The summed E-state index contributed by atoms with van der Waals surface area (Å²) < 4.78 is 11.4. The van der Waals surface area contributed by atoms with Gasteiger partial charge >= 0.3 is 5.97 Å². The number of carbonyl (C=O) groups is 2. The molecule has 42 heavy (non-hydrogen) atoms. The number of nitrogens with zero attached hydrogens (tertiary/aromatic N) is 2. The van der Waals surface area contributed by atoms with Gasteiger partial charge in [-0.3, -0.25) is 9.69 Å². The number of halogens is 1. The van der Waals surface area contributed by atoms with E-state index in [-0.39, 0.29) is 5.91 Å². The number of methoxy groups -OCH3 is 1. The topological polar surface area (TPSA) is 71.1 Å². The van der Waals surface area contributed by atoms with Crippen molar-refractivity contribution in [1.29, 1.82) is 0 Å². The molecule has 0 bridgehead atoms. The summed E-state index contributed by atoms with van der Waals surface area (Å²) >= 11 is 6.40. The molecule has 0 atom stereocenters.